The molecular formula is C18H28N2O5. The summed E-state index contributed by atoms with van der Waals surface area (Å²) in [6.45, 7) is 12.2. The molecule has 0 aliphatic rings. The van der Waals surface area contributed by atoms with Crippen molar-refractivity contribution in [3.8, 4) is 11.5 Å². The number of nitro benzene ring substituents is 1. The van der Waals surface area contributed by atoms with Crippen LogP contribution in [0, 0.1) is 15.5 Å². The van der Waals surface area contributed by atoms with Crippen molar-refractivity contribution in [1.82, 2.24) is 5.32 Å². The average molecular weight is 352 g/mol. The molecule has 0 unspecified atom stereocenters. The lowest BCUT2D eigenvalue weighted by Gasteiger charge is -2.33. The standard InChI is InChI=1S/C18H28N2O5/c1-8-25-15-9-12(13(20(22)23)10-14(15)24-7)16(21)19-18(5,6)11-17(2,3)4/h9-10H,8,11H2,1-7H3,(H,19,21). The van der Waals surface area contributed by atoms with Gasteiger partial charge in [-0.3, -0.25) is 14.9 Å². The molecule has 1 aromatic rings. The molecule has 0 radical (unpaired) electrons. The van der Waals surface area contributed by atoms with E-state index in [1.54, 1.807) is 6.92 Å². The third kappa shape index (κ3) is 5.92. The molecular weight excluding hydrogens is 324 g/mol. The van der Waals surface area contributed by atoms with Crippen LogP contribution in [0.4, 0.5) is 5.69 Å². The molecule has 140 valence electrons. The van der Waals surface area contributed by atoms with E-state index in [1.807, 2.05) is 13.8 Å². The third-order valence-electron chi connectivity index (χ3n) is 3.45. The minimum absolute atomic E-state index is 0.000889. The van der Waals surface area contributed by atoms with Crippen molar-refractivity contribution in [1.29, 1.82) is 0 Å². The Labute approximate surface area is 148 Å². The molecule has 1 rings (SSSR count). The smallest absolute Gasteiger partial charge is 0.286 e. The molecule has 1 aromatic carbocycles. The molecule has 1 amide bonds. The molecule has 0 aromatic heterocycles. The fourth-order valence-electron chi connectivity index (χ4n) is 3.05. The minimum atomic E-state index is -0.593. The Morgan fingerprint density at radius 1 is 1.20 bits per heavy atom. The zero-order valence-electron chi connectivity index (χ0n) is 16.1. The monoisotopic (exact) mass is 352 g/mol. The molecule has 0 aliphatic heterocycles. The molecule has 7 nitrogen and oxygen atoms in total. The number of rotatable bonds is 7. The summed E-state index contributed by atoms with van der Waals surface area (Å²) in [5, 5.41) is 14.3. The average Bonchev–Trinajstić information content (AvgIpc) is 2.43. The molecule has 1 N–H and O–H groups in total. The van der Waals surface area contributed by atoms with Gasteiger partial charge in [0.15, 0.2) is 11.5 Å². The van der Waals surface area contributed by atoms with Crippen molar-refractivity contribution >= 4 is 11.6 Å². The number of nitro groups is 1. The van der Waals surface area contributed by atoms with Crippen LogP contribution in [0.5, 0.6) is 11.5 Å². The largest absolute Gasteiger partial charge is 0.493 e. The van der Waals surface area contributed by atoms with Gasteiger partial charge in [-0.2, -0.15) is 0 Å². The van der Waals surface area contributed by atoms with Crippen molar-refractivity contribution < 1.29 is 19.2 Å². The Morgan fingerprint density at radius 2 is 1.80 bits per heavy atom. The first-order valence-electron chi connectivity index (χ1n) is 8.22. The number of carbonyl (C=O) groups is 1. The van der Waals surface area contributed by atoms with Gasteiger partial charge in [-0.1, -0.05) is 20.8 Å². The predicted octanol–water partition coefficient (Wildman–Crippen LogP) is 3.95. The van der Waals surface area contributed by atoms with Gasteiger partial charge in [-0.05, 0) is 32.6 Å². The van der Waals surface area contributed by atoms with E-state index >= 15 is 0 Å². The Morgan fingerprint density at radius 3 is 2.24 bits per heavy atom. The van der Waals surface area contributed by atoms with Crippen LogP contribution in [-0.4, -0.2) is 30.1 Å². The normalized spacial score (nSPS) is 11.8. The van der Waals surface area contributed by atoms with Gasteiger partial charge in [0.2, 0.25) is 0 Å². The summed E-state index contributed by atoms with van der Waals surface area (Å²) in [6.07, 6.45) is 0.716. The summed E-state index contributed by atoms with van der Waals surface area (Å²) in [6, 6.07) is 2.58. The first kappa shape index (κ1) is 20.7. The molecule has 7 heteroatoms. The lowest BCUT2D eigenvalue weighted by molar-refractivity contribution is -0.385. The number of carbonyl (C=O) groups excluding carboxylic acids is 1. The minimum Gasteiger partial charge on any atom is -0.493 e. The second kappa shape index (κ2) is 7.72. The van der Waals surface area contributed by atoms with Crippen LogP contribution in [0.2, 0.25) is 0 Å². The quantitative estimate of drug-likeness (QED) is 0.593. The summed E-state index contributed by atoms with van der Waals surface area (Å²) in [5.41, 5.74) is -0.880. The van der Waals surface area contributed by atoms with Crippen molar-refractivity contribution in [2.75, 3.05) is 13.7 Å². The number of nitrogens with one attached hydrogen (secondary N) is 1. The number of benzene rings is 1. The first-order valence-corrected chi connectivity index (χ1v) is 8.22. The molecule has 0 atom stereocenters. The molecule has 0 saturated heterocycles. The van der Waals surface area contributed by atoms with Gasteiger partial charge in [-0.15, -0.1) is 0 Å². The molecule has 0 aliphatic carbocycles. The summed E-state index contributed by atoms with van der Waals surface area (Å²) >= 11 is 0. The summed E-state index contributed by atoms with van der Waals surface area (Å²) in [4.78, 5) is 23.5. The molecule has 0 fully saturated rings. The van der Waals surface area contributed by atoms with E-state index in [4.69, 9.17) is 9.47 Å². The lowest BCUT2D eigenvalue weighted by Crippen LogP contribution is -2.46. The van der Waals surface area contributed by atoms with E-state index in [1.165, 1.54) is 19.2 Å². The Bertz CT molecular complexity index is 648. The van der Waals surface area contributed by atoms with Crippen LogP contribution >= 0.6 is 0 Å². The number of hydrogen-bond donors (Lipinski definition) is 1. The van der Waals surface area contributed by atoms with Gasteiger partial charge in [0.25, 0.3) is 11.6 Å². The zero-order chi connectivity index (χ0) is 19.4. The molecule has 0 bridgehead atoms. The second-order valence-electron chi connectivity index (χ2n) is 7.79. The Kier molecular flexibility index (Phi) is 6.40. The number of methoxy groups -OCH3 is 1. The van der Waals surface area contributed by atoms with Crippen LogP contribution < -0.4 is 14.8 Å². The fourth-order valence-corrected chi connectivity index (χ4v) is 3.05. The number of amides is 1. The maximum atomic E-state index is 12.7. The highest BCUT2D eigenvalue weighted by Gasteiger charge is 2.31. The highest BCUT2D eigenvalue weighted by atomic mass is 16.6. The van der Waals surface area contributed by atoms with Gasteiger partial charge in [0.05, 0.1) is 24.7 Å². The highest BCUT2D eigenvalue weighted by Crippen LogP contribution is 2.35. The van der Waals surface area contributed by atoms with Crippen LogP contribution in [0.15, 0.2) is 12.1 Å². The van der Waals surface area contributed by atoms with E-state index in [-0.39, 0.29) is 22.4 Å². The molecule has 0 heterocycles. The molecule has 0 spiro atoms. The topological polar surface area (TPSA) is 90.7 Å². The van der Waals surface area contributed by atoms with Gasteiger partial charge < -0.3 is 14.8 Å². The maximum absolute atomic E-state index is 12.7. The van der Waals surface area contributed by atoms with E-state index in [0.717, 1.165) is 0 Å². The summed E-state index contributed by atoms with van der Waals surface area (Å²) < 4.78 is 10.6. The summed E-state index contributed by atoms with van der Waals surface area (Å²) in [7, 11) is 1.40. The number of ether oxygens (including phenoxy) is 2. The van der Waals surface area contributed by atoms with Crippen LogP contribution in [0.3, 0.4) is 0 Å². The van der Waals surface area contributed by atoms with Gasteiger partial charge in [0.1, 0.15) is 5.56 Å². The van der Waals surface area contributed by atoms with Gasteiger partial charge >= 0.3 is 0 Å². The zero-order valence-corrected chi connectivity index (χ0v) is 16.1. The van der Waals surface area contributed by atoms with Crippen molar-refractivity contribution in [3.05, 3.63) is 27.8 Å². The van der Waals surface area contributed by atoms with Crippen molar-refractivity contribution in [2.45, 2.75) is 53.5 Å². The van der Waals surface area contributed by atoms with E-state index < -0.39 is 16.4 Å². The number of hydrogen-bond acceptors (Lipinski definition) is 5. The van der Waals surface area contributed by atoms with Gasteiger partial charge in [-0.25, -0.2) is 0 Å². The van der Waals surface area contributed by atoms with E-state index in [0.29, 0.717) is 18.8 Å². The van der Waals surface area contributed by atoms with Crippen LogP contribution in [-0.2, 0) is 0 Å². The Hall–Kier alpha value is -2.31. The third-order valence-corrected chi connectivity index (χ3v) is 3.45. The van der Waals surface area contributed by atoms with E-state index in [9.17, 15) is 14.9 Å². The highest BCUT2D eigenvalue weighted by molar-refractivity contribution is 5.99. The first-order chi connectivity index (χ1) is 11.4. The molecule has 25 heavy (non-hydrogen) atoms. The summed E-state index contributed by atoms with van der Waals surface area (Å²) in [5.74, 6) is 0.0120. The van der Waals surface area contributed by atoms with Crippen molar-refractivity contribution in [2.24, 2.45) is 5.41 Å². The fraction of sp³-hybridized carbons (Fsp3) is 0.611. The Balaban J connectivity index is 3.27. The predicted molar refractivity (Wildman–Crippen MR) is 96.4 cm³/mol. The maximum Gasteiger partial charge on any atom is 0.286 e. The van der Waals surface area contributed by atoms with Crippen molar-refractivity contribution in [3.63, 3.8) is 0 Å². The SMILES string of the molecule is CCOc1cc(C(=O)NC(C)(C)CC(C)(C)C)c([N+](=O)[O-])cc1OC. The van der Waals surface area contributed by atoms with Crippen LogP contribution in [0.25, 0.3) is 0 Å². The van der Waals surface area contributed by atoms with Gasteiger partial charge in [0, 0.05) is 11.6 Å². The van der Waals surface area contributed by atoms with Crippen LogP contribution in [0.1, 0.15) is 58.3 Å². The molecule has 0 saturated carbocycles. The second-order valence-corrected chi connectivity index (χ2v) is 7.79. The lowest BCUT2D eigenvalue weighted by atomic mass is 9.81. The van der Waals surface area contributed by atoms with E-state index in [2.05, 4.69) is 26.1 Å². The number of nitrogens with zero attached hydrogens (tertiary/aromatic N) is 1.